The van der Waals surface area contributed by atoms with E-state index in [-0.39, 0.29) is 5.78 Å². The molecule has 2 aromatic rings. The first-order valence-corrected chi connectivity index (χ1v) is 7.76. The first-order valence-electron chi connectivity index (χ1n) is 6.97. The summed E-state index contributed by atoms with van der Waals surface area (Å²) < 4.78 is 6.73. The average molecular weight is 347 g/mol. The molecule has 2 aromatic carbocycles. The summed E-state index contributed by atoms with van der Waals surface area (Å²) in [6.45, 7) is 7.90. The van der Waals surface area contributed by atoms with Gasteiger partial charge < -0.3 is 4.74 Å². The van der Waals surface area contributed by atoms with Gasteiger partial charge in [0, 0.05) is 10.0 Å². The van der Waals surface area contributed by atoms with Gasteiger partial charge in [0.05, 0.1) is 0 Å². The Morgan fingerprint density at radius 1 is 1.14 bits per heavy atom. The van der Waals surface area contributed by atoms with Crippen LogP contribution < -0.4 is 4.74 Å². The lowest BCUT2D eigenvalue weighted by atomic mass is 10.0. The first kappa shape index (κ1) is 15.8. The molecule has 110 valence electrons. The van der Waals surface area contributed by atoms with Crippen molar-refractivity contribution in [3.8, 4) is 11.5 Å². The number of halogens is 1. The van der Waals surface area contributed by atoms with Gasteiger partial charge in [-0.2, -0.15) is 0 Å². The Bertz CT molecular complexity index is 675. The van der Waals surface area contributed by atoms with E-state index in [2.05, 4.69) is 48.0 Å². The normalized spacial score (nSPS) is 10.8. The summed E-state index contributed by atoms with van der Waals surface area (Å²) in [5.74, 6) is 2.06. The number of carbonyl (C=O) groups is 1. The maximum absolute atomic E-state index is 11.4. The van der Waals surface area contributed by atoms with Crippen molar-refractivity contribution >= 4 is 21.7 Å². The summed E-state index contributed by atoms with van der Waals surface area (Å²) in [5.41, 5.74) is 3.00. The fourth-order valence-electron chi connectivity index (χ4n) is 2.06. The monoisotopic (exact) mass is 346 g/mol. The van der Waals surface area contributed by atoms with Crippen LogP contribution in [0.15, 0.2) is 40.9 Å². The van der Waals surface area contributed by atoms with Crippen LogP contribution in [0.5, 0.6) is 11.5 Å². The summed E-state index contributed by atoms with van der Waals surface area (Å²) in [4.78, 5) is 11.4. The smallest absolute Gasteiger partial charge is 0.160 e. The summed E-state index contributed by atoms with van der Waals surface area (Å²) in [6.07, 6.45) is 0. The lowest BCUT2D eigenvalue weighted by Crippen LogP contribution is -1.95. The molecule has 0 unspecified atom stereocenters. The molecule has 0 spiro atoms. The molecule has 0 atom stereocenters. The Hall–Kier alpha value is -1.61. The van der Waals surface area contributed by atoms with Gasteiger partial charge in [-0.3, -0.25) is 4.79 Å². The van der Waals surface area contributed by atoms with E-state index in [1.807, 2.05) is 19.1 Å². The van der Waals surface area contributed by atoms with E-state index in [9.17, 15) is 4.79 Å². The van der Waals surface area contributed by atoms with Crippen molar-refractivity contribution < 1.29 is 9.53 Å². The van der Waals surface area contributed by atoms with Gasteiger partial charge >= 0.3 is 0 Å². The summed E-state index contributed by atoms with van der Waals surface area (Å²) in [6, 6.07) is 11.7. The second kappa shape index (κ2) is 6.44. The zero-order valence-corrected chi connectivity index (χ0v) is 14.3. The zero-order chi connectivity index (χ0) is 15.6. The van der Waals surface area contributed by atoms with E-state index in [1.54, 1.807) is 13.0 Å². The molecule has 0 fully saturated rings. The molecular formula is C18H19BrO2. The third-order valence-electron chi connectivity index (χ3n) is 3.43. The van der Waals surface area contributed by atoms with E-state index in [1.165, 1.54) is 5.56 Å². The molecule has 0 aliphatic heterocycles. The number of aryl methyl sites for hydroxylation is 1. The molecule has 0 radical (unpaired) electrons. The largest absolute Gasteiger partial charge is 0.457 e. The minimum Gasteiger partial charge on any atom is -0.457 e. The predicted octanol–water partition coefficient (Wildman–Crippen LogP) is 5.88. The Kier molecular flexibility index (Phi) is 4.84. The van der Waals surface area contributed by atoms with Crippen molar-refractivity contribution in [3.05, 3.63) is 57.6 Å². The predicted molar refractivity (Wildman–Crippen MR) is 89.5 cm³/mol. The third kappa shape index (κ3) is 3.73. The summed E-state index contributed by atoms with van der Waals surface area (Å²) in [5, 5.41) is 0. The van der Waals surface area contributed by atoms with Crippen LogP contribution in [0.2, 0.25) is 0 Å². The molecule has 3 heteroatoms. The molecule has 0 saturated heterocycles. The van der Waals surface area contributed by atoms with Crippen LogP contribution in [0.4, 0.5) is 0 Å². The minimum absolute atomic E-state index is 0.0337. The number of Topliss-reactive ketones (excluding diaryl/α,β-unsaturated/α-hetero) is 1. The molecule has 0 amide bonds. The van der Waals surface area contributed by atoms with Crippen LogP contribution in [-0.4, -0.2) is 5.78 Å². The highest BCUT2D eigenvalue weighted by Crippen LogP contribution is 2.31. The Morgan fingerprint density at radius 2 is 1.86 bits per heavy atom. The number of ether oxygens (including phenoxy) is 1. The van der Waals surface area contributed by atoms with Crippen LogP contribution in [0, 0.1) is 6.92 Å². The van der Waals surface area contributed by atoms with E-state index in [0.717, 1.165) is 21.5 Å². The van der Waals surface area contributed by atoms with E-state index >= 15 is 0 Å². The first-order chi connectivity index (χ1) is 9.88. The van der Waals surface area contributed by atoms with Crippen LogP contribution in [0.1, 0.15) is 48.2 Å². The highest BCUT2D eigenvalue weighted by Gasteiger charge is 2.09. The lowest BCUT2D eigenvalue weighted by molar-refractivity contribution is 0.101. The molecule has 0 saturated carbocycles. The van der Waals surface area contributed by atoms with Crippen LogP contribution in [-0.2, 0) is 0 Å². The molecule has 0 heterocycles. The summed E-state index contributed by atoms with van der Waals surface area (Å²) >= 11 is 3.42. The quantitative estimate of drug-likeness (QED) is 0.646. The molecule has 0 N–H and O–H groups in total. The number of hydrogen-bond donors (Lipinski definition) is 0. The number of ketones is 1. The molecule has 0 bridgehead atoms. The lowest BCUT2D eigenvalue weighted by Gasteiger charge is -2.13. The van der Waals surface area contributed by atoms with E-state index < -0.39 is 0 Å². The van der Waals surface area contributed by atoms with Gasteiger partial charge in [0.25, 0.3) is 0 Å². The second-order valence-electron chi connectivity index (χ2n) is 5.48. The van der Waals surface area contributed by atoms with Gasteiger partial charge in [0.2, 0.25) is 0 Å². The number of hydrogen-bond acceptors (Lipinski definition) is 2. The van der Waals surface area contributed by atoms with Crippen molar-refractivity contribution in [1.29, 1.82) is 0 Å². The van der Waals surface area contributed by atoms with Gasteiger partial charge in [-0.05, 0) is 71.1 Å². The fraction of sp³-hybridized carbons (Fsp3) is 0.278. The van der Waals surface area contributed by atoms with Crippen molar-refractivity contribution in [2.24, 2.45) is 0 Å². The molecule has 0 aromatic heterocycles. The minimum atomic E-state index is 0.0337. The number of carbonyl (C=O) groups excluding carboxylic acids is 1. The second-order valence-corrected chi connectivity index (χ2v) is 6.33. The molecule has 0 aliphatic carbocycles. The van der Waals surface area contributed by atoms with Gasteiger partial charge in [0.15, 0.2) is 5.78 Å². The van der Waals surface area contributed by atoms with Gasteiger partial charge in [0.1, 0.15) is 11.5 Å². The Balaban J connectivity index is 2.32. The topological polar surface area (TPSA) is 26.3 Å². The van der Waals surface area contributed by atoms with Gasteiger partial charge in [-0.15, -0.1) is 0 Å². The molecule has 0 aliphatic rings. The Morgan fingerprint density at radius 3 is 2.43 bits per heavy atom. The fourth-order valence-corrected chi connectivity index (χ4v) is 2.69. The highest BCUT2D eigenvalue weighted by molar-refractivity contribution is 9.10. The maximum Gasteiger partial charge on any atom is 0.160 e. The van der Waals surface area contributed by atoms with Crippen LogP contribution in [0.25, 0.3) is 0 Å². The third-order valence-corrected chi connectivity index (χ3v) is 4.08. The standard InChI is InChI=1S/C18H19BrO2/c1-11(2)14-6-5-12(3)18(9-14)21-15-7-8-16(13(4)20)17(19)10-15/h5-11H,1-4H3. The van der Waals surface area contributed by atoms with Crippen molar-refractivity contribution in [2.75, 3.05) is 0 Å². The SMILES string of the molecule is CC(=O)c1ccc(Oc2cc(C(C)C)ccc2C)cc1Br. The van der Waals surface area contributed by atoms with E-state index in [0.29, 0.717) is 11.5 Å². The molecule has 2 rings (SSSR count). The van der Waals surface area contributed by atoms with Crippen molar-refractivity contribution in [1.82, 2.24) is 0 Å². The zero-order valence-electron chi connectivity index (χ0n) is 12.7. The molecular weight excluding hydrogens is 328 g/mol. The van der Waals surface area contributed by atoms with Crippen molar-refractivity contribution in [3.63, 3.8) is 0 Å². The van der Waals surface area contributed by atoms with Crippen LogP contribution >= 0.6 is 15.9 Å². The highest BCUT2D eigenvalue weighted by atomic mass is 79.9. The molecule has 2 nitrogen and oxygen atoms in total. The number of rotatable bonds is 4. The average Bonchev–Trinajstić information content (AvgIpc) is 2.40. The van der Waals surface area contributed by atoms with Gasteiger partial charge in [-0.25, -0.2) is 0 Å². The Labute approximate surface area is 134 Å². The van der Waals surface area contributed by atoms with Gasteiger partial charge in [-0.1, -0.05) is 26.0 Å². The van der Waals surface area contributed by atoms with Crippen LogP contribution in [0.3, 0.4) is 0 Å². The van der Waals surface area contributed by atoms with Crippen molar-refractivity contribution in [2.45, 2.75) is 33.6 Å². The van der Waals surface area contributed by atoms with E-state index in [4.69, 9.17) is 4.74 Å². The number of benzene rings is 2. The summed E-state index contributed by atoms with van der Waals surface area (Å²) in [7, 11) is 0. The maximum atomic E-state index is 11.4. The molecule has 21 heavy (non-hydrogen) atoms.